The second-order valence-corrected chi connectivity index (χ2v) is 3.86. The second kappa shape index (κ2) is 3.96. The van der Waals surface area contributed by atoms with E-state index in [-0.39, 0.29) is 5.60 Å². The van der Waals surface area contributed by atoms with Gasteiger partial charge in [-0.05, 0) is 20.8 Å². The molecule has 1 aliphatic heterocycles. The third-order valence-electron chi connectivity index (χ3n) is 2.07. The average Bonchev–Trinajstić information content (AvgIpc) is 2.03. The number of hydrogen-bond acceptors (Lipinski definition) is 2. The summed E-state index contributed by atoms with van der Waals surface area (Å²) in [4.78, 5) is 6.26. The lowest BCUT2D eigenvalue weighted by molar-refractivity contribution is -0.0680. The molecule has 0 unspecified atom stereocenters. The molecule has 1 saturated heterocycles. The Morgan fingerprint density at radius 1 is 1.62 bits per heavy atom. The zero-order chi connectivity index (χ0) is 9.90. The quantitative estimate of drug-likeness (QED) is 0.476. The standard InChI is InChI=1S/C9H19N3O/c1-4-11-8(10)12-5-6-13-9(2,3)7-12/h4-7H2,1-3H3,(H2,10,11). The van der Waals surface area contributed by atoms with Crippen LogP contribution >= 0.6 is 0 Å². The minimum absolute atomic E-state index is 0.105. The minimum atomic E-state index is -0.105. The first-order chi connectivity index (χ1) is 6.05. The van der Waals surface area contributed by atoms with Crippen molar-refractivity contribution in [2.24, 2.45) is 10.7 Å². The van der Waals surface area contributed by atoms with E-state index in [0.29, 0.717) is 5.96 Å². The normalized spacial score (nSPS) is 23.3. The molecule has 1 rings (SSSR count). The second-order valence-electron chi connectivity index (χ2n) is 3.86. The molecule has 0 bridgehead atoms. The van der Waals surface area contributed by atoms with Gasteiger partial charge in [0, 0.05) is 19.6 Å². The Balaban J connectivity index is 2.56. The van der Waals surface area contributed by atoms with Gasteiger partial charge in [-0.25, -0.2) is 0 Å². The van der Waals surface area contributed by atoms with Crippen molar-refractivity contribution in [1.82, 2.24) is 4.90 Å². The highest BCUT2D eigenvalue weighted by Gasteiger charge is 2.27. The van der Waals surface area contributed by atoms with Crippen molar-refractivity contribution in [3.8, 4) is 0 Å². The van der Waals surface area contributed by atoms with E-state index in [0.717, 1.165) is 26.2 Å². The van der Waals surface area contributed by atoms with E-state index in [4.69, 9.17) is 10.5 Å². The van der Waals surface area contributed by atoms with Crippen molar-refractivity contribution in [2.75, 3.05) is 26.2 Å². The van der Waals surface area contributed by atoms with Gasteiger partial charge in [0.25, 0.3) is 0 Å². The van der Waals surface area contributed by atoms with Crippen LogP contribution in [0.1, 0.15) is 20.8 Å². The number of rotatable bonds is 1. The number of ether oxygens (including phenoxy) is 1. The number of aliphatic imine (C=N–C) groups is 1. The van der Waals surface area contributed by atoms with E-state index < -0.39 is 0 Å². The fourth-order valence-corrected chi connectivity index (χ4v) is 1.47. The number of nitrogens with two attached hydrogens (primary N) is 1. The Kier molecular flexibility index (Phi) is 3.14. The van der Waals surface area contributed by atoms with Gasteiger partial charge in [-0.2, -0.15) is 0 Å². The van der Waals surface area contributed by atoms with E-state index in [2.05, 4.69) is 23.7 Å². The predicted octanol–water partition coefficient (Wildman–Crippen LogP) is 0.432. The van der Waals surface area contributed by atoms with E-state index in [1.54, 1.807) is 0 Å². The molecule has 4 heteroatoms. The lowest BCUT2D eigenvalue weighted by Gasteiger charge is -2.38. The van der Waals surface area contributed by atoms with Crippen molar-refractivity contribution < 1.29 is 4.74 Å². The smallest absolute Gasteiger partial charge is 0.191 e. The van der Waals surface area contributed by atoms with Gasteiger partial charge >= 0.3 is 0 Å². The molecule has 0 saturated carbocycles. The topological polar surface area (TPSA) is 50.8 Å². The summed E-state index contributed by atoms with van der Waals surface area (Å²) in [5.74, 6) is 0.638. The molecule has 1 heterocycles. The Bertz CT molecular complexity index is 201. The Hall–Kier alpha value is -0.770. The van der Waals surface area contributed by atoms with Crippen LogP contribution in [0.3, 0.4) is 0 Å². The maximum Gasteiger partial charge on any atom is 0.191 e. The van der Waals surface area contributed by atoms with Gasteiger partial charge in [-0.15, -0.1) is 0 Å². The minimum Gasteiger partial charge on any atom is -0.372 e. The van der Waals surface area contributed by atoms with Gasteiger partial charge in [0.15, 0.2) is 5.96 Å². The van der Waals surface area contributed by atoms with Crippen LogP contribution in [0.15, 0.2) is 4.99 Å². The number of nitrogens with zero attached hydrogens (tertiary/aromatic N) is 2. The molecule has 76 valence electrons. The highest BCUT2D eigenvalue weighted by molar-refractivity contribution is 5.78. The fraction of sp³-hybridized carbons (Fsp3) is 0.889. The van der Waals surface area contributed by atoms with Crippen molar-refractivity contribution in [3.63, 3.8) is 0 Å². The molecule has 0 amide bonds. The number of hydrogen-bond donors (Lipinski definition) is 1. The van der Waals surface area contributed by atoms with Crippen LogP contribution in [-0.2, 0) is 4.74 Å². The molecule has 0 radical (unpaired) electrons. The third-order valence-corrected chi connectivity index (χ3v) is 2.07. The monoisotopic (exact) mass is 185 g/mol. The summed E-state index contributed by atoms with van der Waals surface area (Å²) in [7, 11) is 0. The molecule has 0 atom stereocenters. The molecule has 13 heavy (non-hydrogen) atoms. The van der Waals surface area contributed by atoms with Crippen LogP contribution in [0.25, 0.3) is 0 Å². The van der Waals surface area contributed by atoms with Crippen molar-refractivity contribution >= 4 is 5.96 Å². The van der Waals surface area contributed by atoms with Gasteiger partial charge in [-0.3, -0.25) is 4.99 Å². The highest BCUT2D eigenvalue weighted by atomic mass is 16.5. The van der Waals surface area contributed by atoms with E-state index >= 15 is 0 Å². The summed E-state index contributed by atoms with van der Waals surface area (Å²) in [6.07, 6.45) is 0. The van der Waals surface area contributed by atoms with E-state index in [9.17, 15) is 0 Å². The molecule has 4 nitrogen and oxygen atoms in total. The average molecular weight is 185 g/mol. The summed E-state index contributed by atoms with van der Waals surface area (Å²) >= 11 is 0. The first kappa shape index (κ1) is 10.3. The molecule has 1 aliphatic rings. The van der Waals surface area contributed by atoms with Crippen LogP contribution < -0.4 is 5.73 Å². The zero-order valence-corrected chi connectivity index (χ0v) is 8.71. The number of morpholine rings is 1. The van der Waals surface area contributed by atoms with Gasteiger partial charge in [0.05, 0.1) is 12.2 Å². The van der Waals surface area contributed by atoms with Crippen molar-refractivity contribution in [1.29, 1.82) is 0 Å². The van der Waals surface area contributed by atoms with Crippen LogP contribution in [0.4, 0.5) is 0 Å². The molecular weight excluding hydrogens is 166 g/mol. The van der Waals surface area contributed by atoms with Crippen LogP contribution in [0, 0.1) is 0 Å². The Morgan fingerprint density at radius 2 is 2.31 bits per heavy atom. The molecule has 0 aromatic rings. The lowest BCUT2D eigenvalue weighted by Crippen LogP contribution is -2.52. The Morgan fingerprint density at radius 3 is 2.85 bits per heavy atom. The van der Waals surface area contributed by atoms with Gasteiger partial charge in [0.2, 0.25) is 0 Å². The largest absolute Gasteiger partial charge is 0.372 e. The van der Waals surface area contributed by atoms with Crippen LogP contribution in [0.5, 0.6) is 0 Å². The van der Waals surface area contributed by atoms with Gasteiger partial charge < -0.3 is 15.4 Å². The first-order valence-electron chi connectivity index (χ1n) is 4.74. The van der Waals surface area contributed by atoms with E-state index in [1.807, 2.05) is 6.92 Å². The van der Waals surface area contributed by atoms with Crippen LogP contribution in [-0.4, -0.2) is 42.7 Å². The predicted molar refractivity (Wildman–Crippen MR) is 53.8 cm³/mol. The maximum atomic E-state index is 5.80. The fourth-order valence-electron chi connectivity index (χ4n) is 1.47. The summed E-state index contributed by atoms with van der Waals surface area (Å²) in [6, 6.07) is 0. The highest BCUT2D eigenvalue weighted by Crippen LogP contribution is 2.15. The molecule has 0 aromatic heterocycles. The van der Waals surface area contributed by atoms with Crippen LogP contribution in [0.2, 0.25) is 0 Å². The van der Waals surface area contributed by atoms with Crippen molar-refractivity contribution in [2.45, 2.75) is 26.4 Å². The first-order valence-corrected chi connectivity index (χ1v) is 4.74. The molecule has 0 aromatic carbocycles. The van der Waals surface area contributed by atoms with E-state index in [1.165, 1.54) is 0 Å². The zero-order valence-electron chi connectivity index (χ0n) is 8.71. The van der Waals surface area contributed by atoms with Crippen molar-refractivity contribution in [3.05, 3.63) is 0 Å². The van der Waals surface area contributed by atoms with Gasteiger partial charge in [0.1, 0.15) is 0 Å². The lowest BCUT2D eigenvalue weighted by atomic mass is 10.1. The molecule has 2 N–H and O–H groups in total. The molecule has 0 spiro atoms. The summed E-state index contributed by atoms with van der Waals surface area (Å²) in [5.41, 5.74) is 5.70. The number of guanidine groups is 1. The molecule has 1 fully saturated rings. The molecular formula is C9H19N3O. The Labute approximate surface area is 79.8 Å². The maximum absolute atomic E-state index is 5.80. The third kappa shape index (κ3) is 2.88. The molecule has 0 aliphatic carbocycles. The van der Waals surface area contributed by atoms with Gasteiger partial charge in [-0.1, -0.05) is 0 Å². The summed E-state index contributed by atoms with van der Waals surface area (Å²) in [5, 5.41) is 0. The summed E-state index contributed by atoms with van der Waals surface area (Å²) < 4.78 is 5.57. The summed E-state index contributed by atoms with van der Waals surface area (Å²) in [6.45, 7) is 9.26. The SMILES string of the molecule is CCN=C(N)N1CCOC(C)(C)C1.